The lowest BCUT2D eigenvalue weighted by Crippen LogP contribution is -2.39. The SMILES string of the molecule is CC1CCCN(CC(=O)Nc2ccc3c(c2)OCCO3)C1. The molecule has 0 spiro atoms. The van der Waals surface area contributed by atoms with Crippen LogP contribution in [0.3, 0.4) is 0 Å². The van der Waals surface area contributed by atoms with E-state index < -0.39 is 0 Å². The monoisotopic (exact) mass is 290 g/mol. The van der Waals surface area contributed by atoms with Gasteiger partial charge in [-0.25, -0.2) is 0 Å². The number of fused-ring (bicyclic) bond motifs is 1. The average Bonchev–Trinajstić information content (AvgIpc) is 2.47. The number of anilines is 1. The van der Waals surface area contributed by atoms with Gasteiger partial charge in [0.05, 0.1) is 6.54 Å². The van der Waals surface area contributed by atoms with Gasteiger partial charge in [-0.3, -0.25) is 9.69 Å². The molecule has 1 unspecified atom stereocenters. The second-order valence-electron chi connectivity index (χ2n) is 5.89. The van der Waals surface area contributed by atoms with Gasteiger partial charge in [0.1, 0.15) is 13.2 Å². The highest BCUT2D eigenvalue weighted by atomic mass is 16.6. The number of benzene rings is 1. The summed E-state index contributed by atoms with van der Waals surface area (Å²) in [5, 5.41) is 2.94. The van der Waals surface area contributed by atoms with Crippen LogP contribution in [0.1, 0.15) is 19.8 Å². The summed E-state index contributed by atoms with van der Waals surface area (Å²) in [6, 6.07) is 5.52. The molecule has 2 aliphatic heterocycles. The van der Waals surface area contributed by atoms with Crippen molar-refractivity contribution in [1.29, 1.82) is 0 Å². The molecule has 0 aromatic heterocycles. The standard InChI is InChI=1S/C16H22N2O3/c1-12-3-2-6-18(10-12)11-16(19)17-13-4-5-14-15(9-13)21-8-7-20-14/h4-5,9,12H,2-3,6-8,10-11H2,1H3,(H,17,19). The third-order valence-corrected chi connectivity index (χ3v) is 3.93. The van der Waals surface area contributed by atoms with E-state index >= 15 is 0 Å². The van der Waals surface area contributed by atoms with E-state index in [2.05, 4.69) is 17.1 Å². The van der Waals surface area contributed by atoms with E-state index in [-0.39, 0.29) is 5.91 Å². The lowest BCUT2D eigenvalue weighted by atomic mass is 10.0. The van der Waals surface area contributed by atoms with Crippen LogP contribution in [0.2, 0.25) is 0 Å². The molecule has 0 bridgehead atoms. The fraction of sp³-hybridized carbons (Fsp3) is 0.562. The minimum atomic E-state index is 0.0285. The minimum absolute atomic E-state index is 0.0285. The Morgan fingerprint density at radius 2 is 2.14 bits per heavy atom. The zero-order valence-electron chi connectivity index (χ0n) is 12.4. The normalized spacial score (nSPS) is 21.9. The number of amides is 1. The maximum atomic E-state index is 12.1. The van der Waals surface area contributed by atoms with E-state index in [1.807, 2.05) is 18.2 Å². The first-order chi connectivity index (χ1) is 10.2. The maximum Gasteiger partial charge on any atom is 0.238 e. The first kappa shape index (κ1) is 14.2. The second kappa shape index (κ2) is 6.35. The number of carbonyl (C=O) groups is 1. The van der Waals surface area contributed by atoms with Crippen molar-refractivity contribution in [1.82, 2.24) is 4.90 Å². The fourth-order valence-electron chi connectivity index (χ4n) is 2.96. The Hall–Kier alpha value is -1.75. The number of piperidine rings is 1. The van der Waals surface area contributed by atoms with E-state index in [0.29, 0.717) is 31.4 Å². The highest BCUT2D eigenvalue weighted by Crippen LogP contribution is 2.32. The van der Waals surface area contributed by atoms with Gasteiger partial charge in [-0.05, 0) is 37.4 Å². The average molecular weight is 290 g/mol. The van der Waals surface area contributed by atoms with Crippen LogP contribution >= 0.6 is 0 Å². The summed E-state index contributed by atoms with van der Waals surface area (Å²) in [6.45, 7) is 5.85. The molecule has 21 heavy (non-hydrogen) atoms. The summed E-state index contributed by atoms with van der Waals surface area (Å²) in [4.78, 5) is 14.4. The van der Waals surface area contributed by atoms with Crippen LogP contribution in [0, 0.1) is 5.92 Å². The first-order valence-electron chi connectivity index (χ1n) is 7.62. The Balaban J connectivity index is 1.57. The number of ether oxygens (including phenoxy) is 2. The zero-order valence-corrected chi connectivity index (χ0v) is 12.4. The third-order valence-electron chi connectivity index (χ3n) is 3.93. The summed E-state index contributed by atoms with van der Waals surface area (Å²) in [7, 11) is 0. The van der Waals surface area contributed by atoms with Crippen LogP contribution in [0.15, 0.2) is 18.2 Å². The van der Waals surface area contributed by atoms with Crippen molar-refractivity contribution < 1.29 is 14.3 Å². The first-order valence-corrected chi connectivity index (χ1v) is 7.62. The van der Waals surface area contributed by atoms with Crippen LogP contribution in [0.25, 0.3) is 0 Å². The summed E-state index contributed by atoms with van der Waals surface area (Å²) in [5.41, 5.74) is 0.759. The Morgan fingerprint density at radius 1 is 1.33 bits per heavy atom. The van der Waals surface area contributed by atoms with Gasteiger partial charge < -0.3 is 14.8 Å². The van der Waals surface area contributed by atoms with Crippen molar-refractivity contribution in [3.8, 4) is 11.5 Å². The number of nitrogens with one attached hydrogen (secondary N) is 1. The van der Waals surface area contributed by atoms with Crippen LogP contribution in [-0.2, 0) is 4.79 Å². The van der Waals surface area contributed by atoms with E-state index in [4.69, 9.17) is 9.47 Å². The molecule has 1 saturated heterocycles. The van der Waals surface area contributed by atoms with E-state index in [9.17, 15) is 4.79 Å². The molecule has 5 heteroatoms. The number of likely N-dealkylation sites (tertiary alicyclic amines) is 1. The smallest absolute Gasteiger partial charge is 0.238 e. The number of hydrogen-bond acceptors (Lipinski definition) is 4. The van der Waals surface area contributed by atoms with Crippen molar-refractivity contribution in [2.45, 2.75) is 19.8 Å². The van der Waals surface area contributed by atoms with Gasteiger partial charge >= 0.3 is 0 Å². The van der Waals surface area contributed by atoms with E-state index in [1.54, 1.807) is 0 Å². The Bertz CT molecular complexity index is 518. The predicted octanol–water partition coefficient (Wildman–Crippen LogP) is 2.13. The largest absolute Gasteiger partial charge is 0.486 e. The molecular formula is C16H22N2O3. The summed E-state index contributed by atoms with van der Waals surface area (Å²) in [5.74, 6) is 2.15. The number of rotatable bonds is 3. The maximum absolute atomic E-state index is 12.1. The van der Waals surface area contributed by atoms with Gasteiger partial charge in [0.15, 0.2) is 11.5 Å². The second-order valence-corrected chi connectivity index (χ2v) is 5.89. The van der Waals surface area contributed by atoms with E-state index in [0.717, 1.165) is 24.5 Å². The molecule has 0 aliphatic carbocycles. The summed E-state index contributed by atoms with van der Waals surface area (Å²) in [6.07, 6.45) is 2.44. The van der Waals surface area contributed by atoms with Crippen LogP contribution < -0.4 is 14.8 Å². The quantitative estimate of drug-likeness (QED) is 0.926. The Morgan fingerprint density at radius 3 is 2.95 bits per heavy atom. The van der Waals surface area contributed by atoms with Gasteiger partial charge in [0, 0.05) is 18.3 Å². The van der Waals surface area contributed by atoms with Crippen molar-refractivity contribution in [3.05, 3.63) is 18.2 Å². The molecule has 1 aromatic carbocycles. The van der Waals surface area contributed by atoms with Gasteiger partial charge in [-0.2, -0.15) is 0 Å². The molecule has 1 N–H and O–H groups in total. The molecule has 1 amide bonds. The highest BCUT2D eigenvalue weighted by Gasteiger charge is 2.19. The molecular weight excluding hydrogens is 268 g/mol. The number of nitrogens with zero attached hydrogens (tertiary/aromatic N) is 1. The summed E-state index contributed by atoms with van der Waals surface area (Å²) >= 11 is 0. The Kier molecular flexibility index (Phi) is 4.29. The number of carbonyl (C=O) groups excluding carboxylic acids is 1. The summed E-state index contributed by atoms with van der Waals surface area (Å²) < 4.78 is 11.0. The van der Waals surface area contributed by atoms with Gasteiger partial charge in [-0.15, -0.1) is 0 Å². The Labute approximate surface area is 125 Å². The number of hydrogen-bond donors (Lipinski definition) is 1. The van der Waals surface area contributed by atoms with Crippen molar-refractivity contribution in [2.75, 3.05) is 38.2 Å². The molecule has 2 aliphatic rings. The molecule has 1 fully saturated rings. The molecule has 1 aromatic rings. The predicted molar refractivity (Wildman–Crippen MR) is 80.9 cm³/mol. The molecule has 114 valence electrons. The van der Waals surface area contributed by atoms with Crippen molar-refractivity contribution in [3.63, 3.8) is 0 Å². The molecule has 0 saturated carbocycles. The third kappa shape index (κ3) is 3.67. The van der Waals surface area contributed by atoms with Gasteiger partial charge in [0.2, 0.25) is 5.91 Å². The van der Waals surface area contributed by atoms with Crippen LogP contribution in [0.5, 0.6) is 11.5 Å². The zero-order chi connectivity index (χ0) is 14.7. The van der Waals surface area contributed by atoms with Gasteiger partial charge in [0.25, 0.3) is 0 Å². The van der Waals surface area contributed by atoms with Gasteiger partial charge in [-0.1, -0.05) is 6.92 Å². The molecule has 1 atom stereocenters. The van der Waals surface area contributed by atoms with Crippen LogP contribution in [-0.4, -0.2) is 43.7 Å². The minimum Gasteiger partial charge on any atom is -0.486 e. The van der Waals surface area contributed by atoms with Crippen LogP contribution in [0.4, 0.5) is 5.69 Å². The van der Waals surface area contributed by atoms with Crippen molar-refractivity contribution in [2.24, 2.45) is 5.92 Å². The fourth-order valence-corrected chi connectivity index (χ4v) is 2.96. The lowest BCUT2D eigenvalue weighted by Gasteiger charge is -2.30. The lowest BCUT2D eigenvalue weighted by molar-refractivity contribution is -0.117. The molecule has 5 nitrogen and oxygen atoms in total. The highest BCUT2D eigenvalue weighted by molar-refractivity contribution is 5.92. The molecule has 2 heterocycles. The van der Waals surface area contributed by atoms with E-state index in [1.165, 1.54) is 12.8 Å². The molecule has 3 rings (SSSR count). The molecule has 0 radical (unpaired) electrons. The topological polar surface area (TPSA) is 50.8 Å². The van der Waals surface area contributed by atoms with Crippen molar-refractivity contribution >= 4 is 11.6 Å².